The number of hydrogen-bond acceptors (Lipinski definition) is 6. The molecule has 2 unspecified atom stereocenters. The van der Waals surface area contributed by atoms with Gasteiger partial charge in [0.25, 0.3) is 0 Å². The Bertz CT molecular complexity index is 1470. The highest BCUT2D eigenvalue weighted by Gasteiger charge is 2.32. The van der Waals surface area contributed by atoms with Crippen molar-refractivity contribution in [2.75, 3.05) is 25.0 Å². The minimum Gasteiger partial charge on any atom is -0.377 e. The monoisotopic (exact) mass is 519 g/mol. The summed E-state index contributed by atoms with van der Waals surface area (Å²) in [6, 6.07) is 22.2. The third-order valence-corrected chi connectivity index (χ3v) is 9.42. The van der Waals surface area contributed by atoms with Gasteiger partial charge in [0.1, 0.15) is 5.01 Å². The molecule has 0 spiro atoms. The fourth-order valence-corrected chi connectivity index (χ4v) is 7.60. The maximum Gasteiger partial charge on any atom is 0.243 e. The number of anilines is 1. The maximum atomic E-state index is 13.3. The Labute approximate surface area is 216 Å². The normalized spacial score (nSPS) is 18.8. The quantitative estimate of drug-likeness (QED) is 0.306. The lowest BCUT2D eigenvalue weighted by Crippen LogP contribution is -2.42. The Morgan fingerprint density at radius 1 is 1.00 bits per heavy atom. The first kappa shape index (κ1) is 24.6. The Balaban J connectivity index is 1.34. The van der Waals surface area contributed by atoms with Crippen molar-refractivity contribution >= 4 is 43.0 Å². The molecule has 0 amide bonds. The lowest BCUT2D eigenvalue weighted by Gasteiger charge is -2.34. The molecule has 1 saturated heterocycles. The van der Waals surface area contributed by atoms with Crippen LogP contribution in [0.3, 0.4) is 0 Å². The summed E-state index contributed by atoms with van der Waals surface area (Å²) in [5.74, 6) is 0.451. The van der Waals surface area contributed by atoms with Gasteiger partial charge < -0.3 is 5.32 Å². The van der Waals surface area contributed by atoms with E-state index in [1.807, 2.05) is 48.5 Å². The van der Waals surface area contributed by atoms with Crippen molar-refractivity contribution in [1.29, 1.82) is 0 Å². The van der Waals surface area contributed by atoms with Crippen molar-refractivity contribution in [2.45, 2.75) is 25.2 Å². The first-order valence-electron chi connectivity index (χ1n) is 12.1. The molecule has 0 saturated carbocycles. The number of nitrogens with one attached hydrogen (secondary N) is 1. The van der Waals surface area contributed by atoms with Gasteiger partial charge >= 0.3 is 0 Å². The number of aromatic nitrogens is 1. The summed E-state index contributed by atoms with van der Waals surface area (Å²) in [7, 11) is -3.65. The van der Waals surface area contributed by atoms with E-state index >= 15 is 0 Å². The second-order valence-electron chi connectivity index (χ2n) is 9.60. The first-order valence-corrected chi connectivity index (χ1v) is 14.4. The van der Waals surface area contributed by atoms with Crippen LogP contribution in [-0.2, 0) is 10.0 Å². The minimum absolute atomic E-state index is 0.0448. The van der Waals surface area contributed by atoms with E-state index in [2.05, 4.69) is 19.2 Å². The molecular weight excluding hydrogens is 490 g/mol. The van der Waals surface area contributed by atoms with Gasteiger partial charge in [-0.15, -0.1) is 11.3 Å². The number of hydrogen-bond donors (Lipinski definition) is 1. The number of piperidine rings is 1. The Hall–Kier alpha value is -3.07. The summed E-state index contributed by atoms with van der Waals surface area (Å²) < 4.78 is 29.3. The number of carbonyl (C=O) groups excluding carboxylic acids is 1. The molecule has 6 nitrogen and oxygen atoms in total. The summed E-state index contributed by atoms with van der Waals surface area (Å²) in [5, 5.41) is 4.12. The van der Waals surface area contributed by atoms with Crippen LogP contribution in [0.1, 0.15) is 30.6 Å². The van der Waals surface area contributed by atoms with Crippen LogP contribution >= 0.6 is 11.3 Å². The third kappa shape index (κ3) is 5.07. The number of ketones is 1. The number of rotatable bonds is 7. The number of thiazole rings is 1. The molecule has 1 N–H and O–H groups in total. The van der Waals surface area contributed by atoms with E-state index in [0.29, 0.717) is 30.5 Å². The highest BCUT2D eigenvalue weighted by Crippen LogP contribution is 2.34. The Morgan fingerprint density at radius 3 is 2.50 bits per heavy atom. The minimum atomic E-state index is -3.65. The van der Waals surface area contributed by atoms with E-state index in [9.17, 15) is 13.2 Å². The Kier molecular flexibility index (Phi) is 6.92. The average molecular weight is 520 g/mol. The molecule has 2 heterocycles. The summed E-state index contributed by atoms with van der Waals surface area (Å²) in [4.78, 5) is 18.0. The van der Waals surface area contributed by atoms with Crippen LogP contribution in [0.4, 0.5) is 5.69 Å². The van der Waals surface area contributed by atoms with Gasteiger partial charge in [0.05, 0.1) is 21.7 Å². The first-order chi connectivity index (χ1) is 17.3. The van der Waals surface area contributed by atoms with Crippen LogP contribution in [0.15, 0.2) is 77.7 Å². The SMILES string of the molecule is CC1CC(C)CN(S(=O)(=O)c2cccc(C(=O)CNc3ccccc3-c3nc4ccccc4s3)c2)C1. The summed E-state index contributed by atoms with van der Waals surface area (Å²) >= 11 is 1.61. The van der Waals surface area contributed by atoms with Gasteiger partial charge in [-0.25, -0.2) is 13.4 Å². The van der Waals surface area contributed by atoms with E-state index in [0.717, 1.165) is 32.9 Å². The van der Waals surface area contributed by atoms with Crippen LogP contribution in [0.5, 0.6) is 0 Å². The Morgan fingerprint density at radius 2 is 1.72 bits per heavy atom. The van der Waals surface area contributed by atoms with Crippen molar-refractivity contribution in [1.82, 2.24) is 9.29 Å². The molecule has 0 bridgehead atoms. The zero-order valence-electron chi connectivity index (χ0n) is 20.3. The van der Waals surface area contributed by atoms with E-state index < -0.39 is 10.0 Å². The molecule has 3 aromatic carbocycles. The second-order valence-corrected chi connectivity index (χ2v) is 12.6. The standard InChI is InChI=1S/C28H29N3O3S2/c1-19-14-20(2)18-31(17-19)36(33,34)22-9-7-8-21(15-22)26(32)16-29-24-11-4-3-10-23(24)28-30-25-12-5-6-13-27(25)35-28/h3-13,15,19-20,29H,14,16-18H2,1-2H3. The van der Waals surface area contributed by atoms with Crippen molar-refractivity contribution < 1.29 is 13.2 Å². The van der Waals surface area contributed by atoms with Crippen molar-refractivity contribution in [3.63, 3.8) is 0 Å². The smallest absolute Gasteiger partial charge is 0.243 e. The molecular formula is C28H29N3O3S2. The zero-order valence-corrected chi connectivity index (χ0v) is 22.0. The predicted octanol–water partition coefficient (Wildman–Crippen LogP) is 5.92. The molecule has 1 aromatic heterocycles. The topological polar surface area (TPSA) is 79.4 Å². The van der Waals surface area contributed by atoms with E-state index in [-0.39, 0.29) is 17.2 Å². The largest absolute Gasteiger partial charge is 0.377 e. The van der Waals surface area contributed by atoms with Crippen molar-refractivity contribution in [2.24, 2.45) is 11.8 Å². The second kappa shape index (κ2) is 10.1. The summed E-state index contributed by atoms with van der Waals surface area (Å²) in [6.07, 6.45) is 1.02. The van der Waals surface area contributed by atoms with E-state index in [1.54, 1.807) is 33.8 Å². The fourth-order valence-electron chi connectivity index (χ4n) is 4.87. The van der Waals surface area contributed by atoms with Crippen molar-refractivity contribution in [3.05, 3.63) is 78.4 Å². The highest BCUT2D eigenvalue weighted by molar-refractivity contribution is 7.89. The zero-order chi connectivity index (χ0) is 25.3. The van der Waals surface area contributed by atoms with Crippen LogP contribution in [0, 0.1) is 11.8 Å². The van der Waals surface area contributed by atoms with Gasteiger partial charge in [0.2, 0.25) is 10.0 Å². The van der Waals surface area contributed by atoms with Gasteiger partial charge in [-0.05, 0) is 54.7 Å². The van der Waals surface area contributed by atoms with Crippen LogP contribution in [0.25, 0.3) is 20.8 Å². The molecule has 2 atom stereocenters. The lowest BCUT2D eigenvalue weighted by molar-refractivity contribution is 0.101. The van der Waals surface area contributed by atoms with Crippen LogP contribution in [0.2, 0.25) is 0 Å². The summed E-state index contributed by atoms with van der Waals surface area (Å²) in [6.45, 7) is 5.22. The number of carbonyl (C=O) groups is 1. The van der Waals surface area contributed by atoms with Gasteiger partial charge in [-0.2, -0.15) is 4.31 Å². The van der Waals surface area contributed by atoms with Crippen molar-refractivity contribution in [3.8, 4) is 10.6 Å². The number of nitrogens with zero attached hydrogens (tertiary/aromatic N) is 2. The third-order valence-electron chi connectivity index (χ3n) is 6.52. The highest BCUT2D eigenvalue weighted by atomic mass is 32.2. The average Bonchev–Trinajstić information content (AvgIpc) is 3.31. The number of para-hydroxylation sites is 2. The summed E-state index contributed by atoms with van der Waals surface area (Å²) in [5.41, 5.74) is 3.05. The number of fused-ring (bicyclic) bond motifs is 1. The van der Waals surface area contributed by atoms with Gasteiger partial charge in [0.15, 0.2) is 5.78 Å². The molecule has 186 valence electrons. The molecule has 5 rings (SSSR count). The van der Waals surface area contributed by atoms with E-state index in [4.69, 9.17) is 4.98 Å². The molecule has 8 heteroatoms. The molecule has 0 radical (unpaired) electrons. The molecule has 0 aliphatic carbocycles. The molecule has 1 fully saturated rings. The van der Waals surface area contributed by atoms with Gasteiger partial charge in [0, 0.05) is 29.9 Å². The lowest BCUT2D eigenvalue weighted by atomic mass is 9.94. The number of Topliss-reactive ketones (excluding diaryl/α,β-unsaturated/α-hetero) is 1. The molecule has 36 heavy (non-hydrogen) atoms. The van der Waals surface area contributed by atoms with Gasteiger partial charge in [-0.1, -0.05) is 50.2 Å². The molecule has 1 aliphatic heterocycles. The molecule has 1 aliphatic rings. The fraction of sp³-hybridized carbons (Fsp3) is 0.286. The van der Waals surface area contributed by atoms with Crippen LogP contribution < -0.4 is 5.32 Å². The van der Waals surface area contributed by atoms with Crippen LogP contribution in [-0.4, -0.2) is 43.1 Å². The number of benzene rings is 3. The van der Waals surface area contributed by atoms with E-state index in [1.165, 1.54) is 6.07 Å². The van der Waals surface area contributed by atoms with Gasteiger partial charge in [-0.3, -0.25) is 4.79 Å². The maximum absolute atomic E-state index is 13.3. The molecule has 4 aromatic rings. The predicted molar refractivity (Wildman–Crippen MR) is 146 cm³/mol. The number of sulfonamides is 1.